The van der Waals surface area contributed by atoms with Crippen LogP contribution in [0.5, 0.6) is 0 Å². The summed E-state index contributed by atoms with van der Waals surface area (Å²) in [6.07, 6.45) is 1.71. The number of rotatable bonds is 0. The van der Waals surface area contributed by atoms with E-state index in [-0.39, 0.29) is 5.31 Å². The lowest BCUT2D eigenvalue weighted by atomic mass is 9.71. The van der Waals surface area contributed by atoms with Gasteiger partial charge in [0.2, 0.25) is 5.96 Å². The Balaban J connectivity index is 2.70. The summed E-state index contributed by atoms with van der Waals surface area (Å²) in [6, 6.07) is 0. The van der Waals surface area contributed by atoms with Gasteiger partial charge in [0.05, 0.1) is 7.85 Å². The number of nitrogens with zero attached hydrogens (tertiary/aromatic N) is 2. The lowest BCUT2D eigenvalue weighted by molar-refractivity contribution is 0.736. The van der Waals surface area contributed by atoms with Crippen molar-refractivity contribution < 1.29 is 0 Å². The van der Waals surface area contributed by atoms with Crippen molar-refractivity contribution in [1.82, 2.24) is 5.32 Å². The van der Waals surface area contributed by atoms with Crippen molar-refractivity contribution in [1.29, 1.82) is 0 Å². The zero-order chi connectivity index (χ0) is 7.61. The fourth-order valence-electron chi connectivity index (χ4n) is 0.706. The summed E-state index contributed by atoms with van der Waals surface area (Å²) in [5.41, 5.74) is 0. The van der Waals surface area contributed by atoms with Gasteiger partial charge in [0.15, 0.2) is 0 Å². The molecule has 1 aliphatic heterocycles. The molecule has 52 valence electrons. The van der Waals surface area contributed by atoms with E-state index < -0.39 is 0 Å². The molecule has 3 nitrogen and oxygen atoms in total. The van der Waals surface area contributed by atoms with E-state index in [1.54, 1.807) is 13.3 Å². The summed E-state index contributed by atoms with van der Waals surface area (Å²) in [7, 11) is 7.42. The van der Waals surface area contributed by atoms with E-state index in [0.717, 1.165) is 0 Å². The molecule has 10 heavy (non-hydrogen) atoms. The zero-order valence-corrected chi connectivity index (χ0v) is 6.26. The van der Waals surface area contributed by atoms with Gasteiger partial charge in [0.1, 0.15) is 0 Å². The fraction of sp³-hybridized carbons (Fsp3) is 0.667. The second-order valence-electron chi connectivity index (χ2n) is 2.66. The molecule has 1 aliphatic rings. The third-order valence-electron chi connectivity index (χ3n) is 1.32. The smallest absolute Gasteiger partial charge is 0.217 e. The van der Waals surface area contributed by atoms with E-state index in [4.69, 9.17) is 7.85 Å². The molecule has 0 spiro atoms. The van der Waals surface area contributed by atoms with Crippen LogP contribution in [0.1, 0.15) is 6.92 Å². The molecule has 1 rings (SSSR count). The van der Waals surface area contributed by atoms with Crippen molar-refractivity contribution >= 4 is 20.0 Å². The Morgan fingerprint density at radius 2 is 2.60 bits per heavy atom. The van der Waals surface area contributed by atoms with Gasteiger partial charge in [-0.3, -0.25) is 4.99 Å². The number of nitrogens with one attached hydrogen (secondary N) is 1. The van der Waals surface area contributed by atoms with Gasteiger partial charge < -0.3 is 5.32 Å². The maximum atomic E-state index is 5.73. The first kappa shape index (κ1) is 7.31. The first-order valence-corrected chi connectivity index (χ1v) is 3.19. The summed E-state index contributed by atoms with van der Waals surface area (Å²) < 4.78 is 0. The van der Waals surface area contributed by atoms with Gasteiger partial charge in [-0.05, 0) is 5.31 Å². The van der Waals surface area contributed by atoms with Crippen molar-refractivity contribution in [2.75, 3.05) is 13.6 Å². The van der Waals surface area contributed by atoms with Gasteiger partial charge in [-0.25, -0.2) is 4.99 Å². The summed E-state index contributed by atoms with van der Waals surface area (Å²) >= 11 is 0. The van der Waals surface area contributed by atoms with Crippen LogP contribution in [-0.4, -0.2) is 33.6 Å². The van der Waals surface area contributed by atoms with Crippen LogP contribution in [0.3, 0.4) is 0 Å². The molecule has 0 amide bonds. The molecule has 0 aromatic carbocycles. The molecule has 0 aliphatic carbocycles. The maximum absolute atomic E-state index is 5.73. The topological polar surface area (TPSA) is 36.8 Å². The minimum Gasteiger partial charge on any atom is -0.354 e. The largest absolute Gasteiger partial charge is 0.354 e. The van der Waals surface area contributed by atoms with Crippen LogP contribution >= 0.6 is 0 Å². The summed E-state index contributed by atoms with van der Waals surface area (Å²) in [4.78, 5) is 7.85. The SMILES string of the molecule is [B]C1(C)C=NC(=NC)NC1. The predicted molar refractivity (Wildman–Crippen MR) is 44.0 cm³/mol. The van der Waals surface area contributed by atoms with E-state index in [1.807, 2.05) is 6.92 Å². The number of guanidine groups is 1. The van der Waals surface area contributed by atoms with Gasteiger partial charge in [-0.2, -0.15) is 0 Å². The summed E-state index contributed by atoms with van der Waals surface area (Å²) in [5, 5.41) is 2.66. The Kier molecular flexibility index (Phi) is 1.79. The fourth-order valence-corrected chi connectivity index (χ4v) is 0.706. The van der Waals surface area contributed by atoms with E-state index in [1.165, 1.54) is 0 Å². The van der Waals surface area contributed by atoms with Crippen LogP contribution in [0.4, 0.5) is 0 Å². The van der Waals surface area contributed by atoms with Crippen molar-refractivity contribution in [2.24, 2.45) is 9.98 Å². The molecule has 0 bridgehead atoms. The Hall–Kier alpha value is -0.795. The van der Waals surface area contributed by atoms with Crippen molar-refractivity contribution in [3.8, 4) is 0 Å². The van der Waals surface area contributed by atoms with Gasteiger partial charge in [0.25, 0.3) is 0 Å². The standard InChI is InChI=1S/C6H10BN3/c1-6(7)3-9-5(8-2)10-4-6/h3H,4H2,1-2H3,(H,8,10). The summed E-state index contributed by atoms with van der Waals surface area (Å²) in [5.74, 6) is 0.655. The number of hydrogen-bond donors (Lipinski definition) is 1. The minimum atomic E-state index is -0.325. The molecule has 0 aromatic heterocycles. The zero-order valence-electron chi connectivity index (χ0n) is 6.26. The molecule has 0 aromatic rings. The predicted octanol–water partition coefficient (Wildman–Crippen LogP) is -0.00670. The molecule has 0 fully saturated rings. The average molecular weight is 135 g/mol. The van der Waals surface area contributed by atoms with E-state index in [9.17, 15) is 0 Å². The second kappa shape index (κ2) is 2.44. The molecule has 2 radical (unpaired) electrons. The monoisotopic (exact) mass is 135 g/mol. The Bertz CT molecular complexity index is 183. The number of aliphatic imine (C=N–C) groups is 2. The van der Waals surface area contributed by atoms with Gasteiger partial charge in [-0.1, -0.05) is 6.92 Å². The highest BCUT2D eigenvalue weighted by molar-refractivity contribution is 6.26. The van der Waals surface area contributed by atoms with Crippen molar-refractivity contribution in [2.45, 2.75) is 12.2 Å². The molecule has 0 saturated carbocycles. The molecule has 4 heteroatoms. The molecular weight excluding hydrogens is 125 g/mol. The van der Waals surface area contributed by atoms with Crippen molar-refractivity contribution in [3.05, 3.63) is 0 Å². The minimum absolute atomic E-state index is 0.325. The molecule has 1 unspecified atom stereocenters. The van der Waals surface area contributed by atoms with Crippen LogP contribution in [0.25, 0.3) is 0 Å². The molecule has 1 atom stereocenters. The first-order valence-electron chi connectivity index (χ1n) is 3.19. The molecule has 0 saturated heterocycles. The molecule has 1 N–H and O–H groups in total. The second-order valence-corrected chi connectivity index (χ2v) is 2.66. The average Bonchev–Trinajstić information content (AvgIpc) is 1.88. The van der Waals surface area contributed by atoms with E-state index >= 15 is 0 Å². The Morgan fingerprint density at radius 3 is 3.00 bits per heavy atom. The molecule has 1 heterocycles. The highest BCUT2D eigenvalue weighted by atomic mass is 15.1. The Morgan fingerprint density at radius 1 is 1.90 bits per heavy atom. The summed E-state index contributed by atoms with van der Waals surface area (Å²) in [6.45, 7) is 2.61. The first-order chi connectivity index (χ1) is 4.64. The van der Waals surface area contributed by atoms with Crippen LogP contribution in [-0.2, 0) is 0 Å². The maximum Gasteiger partial charge on any atom is 0.217 e. The van der Waals surface area contributed by atoms with E-state index in [0.29, 0.717) is 12.5 Å². The Labute approximate surface area is 62.1 Å². The molecular formula is C6H10BN3. The lowest BCUT2D eigenvalue weighted by Gasteiger charge is -2.24. The quantitative estimate of drug-likeness (QED) is 0.466. The van der Waals surface area contributed by atoms with Gasteiger partial charge >= 0.3 is 0 Å². The third kappa shape index (κ3) is 1.59. The highest BCUT2D eigenvalue weighted by Crippen LogP contribution is 2.16. The number of hydrogen-bond acceptors (Lipinski definition) is 1. The van der Waals surface area contributed by atoms with Crippen LogP contribution in [0, 0.1) is 0 Å². The highest BCUT2D eigenvalue weighted by Gasteiger charge is 2.18. The normalized spacial score (nSPS) is 36.0. The van der Waals surface area contributed by atoms with Crippen molar-refractivity contribution in [3.63, 3.8) is 0 Å². The van der Waals surface area contributed by atoms with Gasteiger partial charge in [0, 0.05) is 19.8 Å². The van der Waals surface area contributed by atoms with Gasteiger partial charge in [-0.15, -0.1) is 0 Å². The lowest BCUT2D eigenvalue weighted by Crippen LogP contribution is -2.36. The van der Waals surface area contributed by atoms with Crippen LogP contribution in [0.15, 0.2) is 9.98 Å². The van der Waals surface area contributed by atoms with E-state index in [2.05, 4.69) is 15.3 Å². The van der Waals surface area contributed by atoms with Crippen LogP contribution < -0.4 is 5.32 Å². The third-order valence-corrected chi connectivity index (χ3v) is 1.32. The van der Waals surface area contributed by atoms with Crippen LogP contribution in [0.2, 0.25) is 5.31 Å².